The molecule has 1 aromatic rings. The predicted molar refractivity (Wildman–Crippen MR) is 52.9 cm³/mol. The summed E-state index contributed by atoms with van der Waals surface area (Å²) >= 11 is 1.74. The fourth-order valence-corrected chi connectivity index (χ4v) is 2.33. The summed E-state index contributed by atoms with van der Waals surface area (Å²) in [6.07, 6.45) is 7.80. The highest BCUT2D eigenvalue weighted by molar-refractivity contribution is 7.99. The second kappa shape index (κ2) is 4.67. The van der Waals surface area contributed by atoms with Crippen LogP contribution in [0, 0.1) is 0 Å². The molecule has 1 unspecified atom stereocenters. The van der Waals surface area contributed by atoms with E-state index in [4.69, 9.17) is 4.74 Å². The van der Waals surface area contributed by atoms with E-state index in [-0.39, 0.29) is 0 Å². The van der Waals surface area contributed by atoms with Crippen LogP contribution in [0.15, 0.2) is 17.6 Å². The number of ether oxygens (including phenoxy) is 1. The molecule has 1 saturated heterocycles. The third-order valence-electron chi connectivity index (χ3n) is 2.15. The molecule has 1 aliphatic rings. The van der Waals surface area contributed by atoms with Crippen LogP contribution in [0.2, 0.25) is 0 Å². The average Bonchev–Trinajstić information content (AvgIpc) is 2.69. The van der Waals surface area contributed by atoms with E-state index in [0.29, 0.717) is 6.10 Å². The first kappa shape index (κ1) is 9.09. The van der Waals surface area contributed by atoms with Gasteiger partial charge in [-0.05, 0) is 19.3 Å². The molecular weight excluding hydrogens is 184 g/mol. The van der Waals surface area contributed by atoms with Crippen molar-refractivity contribution in [2.45, 2.75) is 30.5 Å². The van der Waals surface area contributed by atoms with Gasteiger partial charge in [0.1, 0.15) is 0 Å². The van der Waals surface area contributed by atoms with E-state index >= 15 is 0 Å². The number of imidazole rings is 1. The molecule has 0 bridgehead atoms. The number of hydrogen-bond acceptors (Lipinski definition) is 3. The summed E-state index contributed by atoms with van der Waals surface area (Å²) in [5, 5.41) is 0.995. The molecule has 72 valence electrons. The normalized spacial score (nSPS) is 23.2. The van der Waals surface area contributed by atoms with Crippen LogP contribution in [0.25, 0.3) is 0 Å². The largest absolute Gasteiger partial charge is 0.377 e. The zero-order valence-corrected chi connectivity index (χ0v) is 8.35. The van der Waals surface area contributed by atoms with Gasteiger partial charge in [0.2, 0.25) is 0 Å². The second-order valence-electron chi connectivity index (χ2n) is 3.19. The molecule has 0 aromatic carbocycles. The van der Waals surface area contributed by atoms with Crippen LogP contribution < -0.4 is 0 Å². The van der Waals surface area contributed by atoms with Crippen molar-refractivity contribution in [2.75, 3.05) is 12.4 Å². The standard InChI is InChI=1S/C9H14N2OS/c1-2-6-12-8(3-1)7-13-9-10-4-5-11-9/h4-5,8H,1-3,6-7H2,(H,10,11). The van der Waals surface area contributed by atoms with E-state index < -0.39 is 0 Å². The molecule has 0 aliphatic carbocycles. The van der Waals surface area contributed by atoms with Crippen molar-refractivity contribution in [1.82, 2.24) is 9.97 Å². The van der Waals surface area contributed by atoms with Gasteiger partial charge in [0.25, 0.3) is 0 Å². The Labute approximate surface area is 82.3 Å². The summed E-state index contributed by atoms with van der Waals surface area (Å²) in [6, 6.07) is 0. The van der Waals surface area contributed by atoms with Crippen LogP contribution in [0.3, 0.4) is 0 Å². The third-order valence-corrected chi connectivity index (χ3v) is 3.19. The van der Waals surface area contributed by atoms with Crippen molar-refractivity contribution in [2.24, 2.45) is 0 Å². The molecule has 2 rings (SSSR count). The molecule has 3 nitrogen and oxygen atoms in total. The quantitative estimate of drug-likeness (QED) is 0.755. The zero-order chi connectivity index (χ0) is 8.93. The molecule has 1 N–H and O–H groups in total. The molecule has 1 aliphatic heterocycles. The number of hydrogen-bond donors (Lipinski definition) is 1. The zero-order valence-electron chi connectivity index (χ0n) is 7.53. The van der Waals surface area contributed by atoms with Crippen molar-refractivity contribution in [3.63, 3.8) is 0 Å². The Balaban J connectivity index is 1.72. The number of nitrogens with one attached hydrogen (secondary N) is 1. The van der Waals surface area contributed by atoms with Crippen LogP contribution in [0.4, 0.5) is 0 Å². The van der Waals surface area contributed by atoms with E-state index in [2.05, 4.69) is 9.97 Å². The van der Waals surface area contributed by atoms with E-state index in [1.807, 2.05) is 6.20 Å². The number of nitrogens with zero attached hydrogens (tertiary/aromatic N) is 1. The van der Waals surface area contributed by atoms with Crippen LogP contribution >= 0.6 is 11.8 Å². The average molecular weight is 198 g/mol. The third kappa shape index (κ3) is 2.74. The highest BCUT2D eigenvalue weighted by Crippen LogP contribution is 2.20. The summed E-state index contributed by atoms with van der Waals surface area (Å²) in [4.78, 5) is 7.23. The fraction of sp³-hybridized carbons (Fsp3) is 0.667. The minimum absolute atomic E-state index is 0.434. The van der Waals surface area contributed by atoms with Crippen molar-refractivity contribution >= 4 is 11.8 Å². The maximum Gasteiger partial charge on any atom is 0.165 e. The summed E-state index contributed by atoms with van der Waals surface area (Å²) in [7, 11) is 0. The van der Waals surface area contributed by atoms with Crippen LogP contribution in [0.5, 0.6) is 0 Å². The van der Waals surface area contributed by atoms with Gasteiger partial charge in [-0.15, -0.1) is 0 Å². The molecule has 13 heavy (non-hydrogen) atoms. The van der Waals surface area contributed by atoms with E-state index in [1.54, 1.807) is 18.0 Å². The van der Waals surface area contributed by atoms with Gasteiger partial charge in [-0.2, -0.15) is 0 Å². The number of aromatic nitrogens is 2. The molecule has 4 heteroatoms. The van der Waals surface area contributed by atoms with Crippen molar-refractivity contribution < 1.29 is 4.74 Å². The van der Waals surface area contributed by atoms with Crippen molar-refractivity contribution in [1.29, 1.82) is 0 Å². The van der Waals surface area contributed by atoms with Crippen molar-refractivity contribution in [3.05, 3.63) is 12.4 Å². The monoisotopic (exact) mass is 198 g/mol. The van der Waals surface area contributed by atoms with Gasteiger partial charge in [-0.25, -0.2) is 4.98 Å². The van der Waals surface area contributed by atoms with Crippen LogP contribution in [-0.2, 0) is 4.74 Å². The van der Waals surface area contributed by atoms with E-state index in [1.165, 1.54) is 19.3 Å². The molecule has 2 heterocycles. The Bertz CT molecular complexity index is 232. The maximum absolute atomic E-state index is 5.61. The Kier molecular flexibility index (Phi) is 3.27. The van der Waals surface area contributed by atoms with Gasteiger partial charge in [0, 0.05) is 24.8 Å². The lowest BCUT2D eigenvalue weighted by molar-refractivity contribution is 0.0315. The first-order valence-electron chi connectivity index (χ1n) is 4.69. The molecule has 0 saturated carbocycles. The summed E-state index contributed by atoms with van der Waals surface area (Å²) in [5.41, 5.74) is 0. The number of rotatable bonds is 3. The van der Waals surface area contributed by atoms with Gasteiger partial charge in [-0.1, -0.05) is 11.8 Å². The molecule has 0 radical (unpaired) electrons. The minimum atomic E-state index is 0.434. The fourth-order valence-electron chi connectivity index (χ4n) is 1.44. The Morgan fingerprint density at radius 3 is 3.31 bits per heavy atom. The van der Waals surface area contributed by atoms with Gasteiger partial charge < -0.3 is 9.72 Å². The maximum atomic E-state index is 5.61. The van der Waals surface area contributed by atoms with Crippen molar-refractivity contribution in [3.8, 4) is 0 Å². The van der Waals surface area contributed by atoms with E-state index in [0.717, 1.165) is 17.5 Å². The Hall–Kier alpha value is -0.480. The molecule has 0 amide bonds. The SMILES string of the molecule is c1c[nH]c(SCC2CCCCO2)n1. The molecule has 1 aromatic heterocycles. The topological polar surface area (TPSA) is 37.9 Å². The minimum Gasteiger partial charge on any atom is -0.377 e. The van der Waals surface area contributed by atoms with Crippen LogP contribution in [-0.4, -0.2) is 28.4 Å². The smallest absolute Gasteiger partial charge is 0.165 e. The summed E-state index contributed by atoms with van der Waals surface area (Å²) < 4.78 is 5.61. The number of H-pyrrole nitrogens is 1. The highest BCUT2D eigenvalue weighted by atomic mass is 32.2. The summed E-state index contributed by atoms with van der Waals surface area (Å²) in [6.45, 7) is 0.934. The molecule has 1 fully saturated rings. The predicted octanol–water partition coefficient (Wildman–Crippen LogP) is 2.07. The Morgan fingerprint density at radius 1 is 1.62 bits per heavy atom. The molecule has 1 atom stereocenters. The summed E-state index contributed by atoms with van der Waals surface area (Å²) in [5.74, 6) is 1.02. The van der Waals surface area contributed by atoms with E-state index in [9.17, 15) is 0 Å². The first-order chi connectivity index (χ1) is 6.45. The lowest BCUT2D eigenvalue weighted by atomic mass is 10.1. The molecular formula is C9H14N2OS. The number of thioether (sulfide) groups is 1. The van der Waals surface area contributed by atoms with Crippen LogP contribution in [0.1, 0.15) is 19.3 Å². The van der Waals surface area contributed by atoms with Gasteiger partial charge in [-0.3, -0.25) is 0 Å². The second-order valence-corrected chi connectivity index (χ2v) is 4.20. The molecule has 0 spiro atoms. The van der Waals surface area contributed by atoms with Gasteiger partial charge >= 0.3 is 0 Å². The van der Waals surface area contributed by atoms with Gasteiger partial charge in [0.05, 0.1) is 6.10 Å². The number of aromatic amines is 1. The Morgan fingerprint density at radius 2 is 2.62 bits per heavy atom. The lowest BCUT2D eigenvalue weighted by Crippen LogP contribution is -2.21. The highest BCUT2D eigenvalue weighted by Gasteiger charge is 2.14. The first-order valence-corrected chi connectivity index (χ1v) is 5.67. The van der Waals surface area contributed by atoms with Gasteiger partial charge in [0.15, 0.2) is 5.16 Å². The lowest BCUT2D eigenvalue weighted by Gasteiger charge is -2.21.